The molecule has 0 radical (unpaired) electrons. The predicted octanol–water partition coefficient (Wildman–Crippen LogP) is 3.39. The van der Waals surface area contributed by atoms with Gasteiger partial charge in [0.2, 0.25) is 10.0 Å². The number of nitrogens with zero attached hydrogens (tertiary/aromatic N) is 2. The minimum Gasteiger partial charge on any atom is -0.281 e. The molecule has 7 nitrogen and oxygen atoms in total. The van der Waals surface area contributed by atoms with Gasteiger partial charge in [-0.15, -0.1) is 0 Å². The Morgan fingerprint density at radius 1 is 1.12 bits per heavy atom. The fraction of sp³-hybridized carbons (Fsp3) is 0.118. The first kappa shape index (κ1) is 16.8. The highest BCUT2D eigenvalue weighted by Gasteiger charge is 2.18. The fourth-order valence-corrected chi connectivity index (χ4v) is 3.83. The van der Waals surface area contributed by atoms with Gasteiger partial charge in [0.1, 0.15) is 5.52 Å². The van der Waals surface area contributed by atoms with Crippen LogP contribution in [0.1, 0.15) is 11.1 Å². The number of pyridine rings is 1. The molecule has 1 aromatic heterocycles. The topological polar surface area (TPSA) is 102 Å². The molecule has 25 heavy (non-hydrogen) atoms. The number of fused-ring (bicyclic) bond motifs is 1. The van der Waals surface area contributed by atoms with Gasteiger partial charge in [-0.1, -0.05) is 42.5 Å². The molecule has 128 valence electrons. The summed E-state index contributed by atoms with van der Waals surface area (Å²) in [6.07, 6.45) is 1.31. The Hall–Kier alpha value is -3.00. The molecule has 0 fully saturated rings. The molecular formula is C17H15N3O4S. The van der Waals surface area contributed by atoms with Crippen molar-refractivity contribution < 1.29 is 13.3 Å². The molecule has 3 aromatic rings. The van der Waals surface area contributed by atoms with Crippen LogP contribution in [-0.2, 0) is 15.8 Å². The van der Waals surface area contributed by atoms with Crippen molar-refractivity contribution in [1.82, 2.24) is 4.98 Å². The van der Waals surface area contributed by atoms with Crippen LogP contribution in [0.15, 0.2) is 54.7 Å². The molecule has 2 aromatic carbocycles. The van der Waals surface area contributed by atoms with Crippen LogP contribution in [0.5, 0.6) is 0 Å². The Morgan fingerprint density at radius 2 is 1.84 bits per heavy atom. The van der Waals surface area contributed by atoms with Crippen molar-refractivity contribution in [3.8, 4) is 0 Å². The van der Waals surface area contributed by atoms with Crippen molar-refractivity contribution in [1.29, 1.82) is 0 Å². The SMILES string of the molecule is Cc1c(NS(=O)(=O)Cc2ccccc2)cnc2c([N+](=O)[O-])cccc12. The molecule has 0 saturated heterocycles. The summed E-state index contributed by atoms with van der Waals surface area (Å²) in [5, 5.41) is 11.6. The largest absolute Gasteiger partial charge is 0.295 e. The van der Waals surface area contributed by atoms with Crippen molar-refractivity contribution in [2.75, 3.05) is 4.72 Å². The first-order valence-corrected chi connectivity index (χ1v) is 9.10. The average molecular weight is 357 g/mol. The summed E-state index contributed by atoms with van der Waals surface area (Å²) in [6.45, 7) is 1.70. The smallest absolute Gasteiger partial charge is 0.281 e. The Kier molecular flexibility index (Phi) is 4.37. The van der Waals surface area contributed by atoms with E-state index in [1.165, 1.54) is 12.3 Å². The van der Waals surface area contributed by atoms with Gasteiger partial charge in [0.05, 0.1) is 22.6 Å². The number of para-hydroxylation sites is 1. The highest BCUT2D eigenvalue weighted by molar-refractivity contribution is 7.91. The van der Waals surface area contributed by atoms with Crippen molar-refractivity contribution in [3.63, 3.8) is 0 Å². The van der Waals surface area contributed by atoms with Gasteiger partial charge in [-0.3, -0.25) is 14.8 Å². The minimum absolute atomic E-state index is 0.112. The quantitative estimate of drug-likeness (QED) is 0.557. The zero-order valence-electron chi connectivity index (χ0n) is 13.3. The summed E-state index contributed by atoms with van der Waals surface area (Å²) in [4.78, 5) is 14.7. The van der Waals surface area contributed by atoms with E-state index in [9.17, 15) is 18.5 Å². The van der Waals surface area contributed by atoms with Crippen molar-refractivity contribution in [3.05, 3.63) is 76.0 Å². The van der Waals surface area contributed by atoms with Crippen molar-refractivity contribution in [2.45, 2.75) is 12.7 Å². The number of nitro benzene ring substituents is 1. The summed E-state index contributed by atoms with van der Waals surface area (Å²) < 4.78 is 27.3. The van der Waals surface area contributed by atoms with Crippen LogP contribution in [0.4, 0.5) is 11.4 Å². The summed E-state index contributed by atoms with van der Waals surface area (Å²) in [7, 11) is -3.63. The third kappa shape index (κ3) is 3.58. The van der Waals surface area contributed by atoms with Crippen LogP contribution in [0, 0.1) is 17.0 Å². The highest BCUT2D eigenvalue weighted by atomic mass is 32.2. The van der Waals surface area contributed by atoms with E-state index in [2.05, 4.69) is 9.71 Å². The second-order valence-corrected chi connectivity index (χ2v) is 7.30. The number of hydrogen-bond donors (Lipinski definition) is 1. The monoisotopic (exact) mass is 357 g/mol. The summed E-state index contributed by atoms with van der Waals surface area (Å²) in [6, 6.07) is 13.4. The standard InChI is InChI=1S/C17H15N3O4S/c1-12-14-8-5-9-16(20(21)22)17(14)18-10-15(12)19-25(23,24)11-13-6-3-2-4-7-13/h2-10,19H,11H2,1H3. The molecule has 0 bridgehead atoms. The molecule has 0 spiro atoms. The van der Waals surface area contributed by atoms with Gasteiger partial charge >= 0.3 is 0 Å². The van der Waals surface area contributed by atoms with Crippen LogP contribution >= 0.6 is 0 Å². The Bertz CT molecular complexity index is 1050. The lowest BCUT2D eigenvalue weighted by Gasteiger charge is -2.12. The van der Waals surface area contributed by atoms with E-state index >= 15 is 0 Å². The molecule has 0 aliphatic heterocycles. The van der Waals surface area contributed by atoms with Crippen molar-refractivity contribution in [2.24, 2.45) is 0 Å². The number of hydrogen-bond acceptors (Lipinski definition) is 5. The lowest BCUT2D eigenvalue weighted by molar-refractivity contribution is -0.383. The molecular weight excluding hydrogens is 342 g/mol. The molecule has 0 atom stereocenters. The van der Waals surface area contributed by atoms with E-state index < -0.39 is 14.9 Å². The Labute approximate surface area is 144 Å². The second kappa shape index (κ2) is 6.48. The van der Waals surface area contributed by atoms with Crippen LogP contribution in [0.25, 0.3) is 10.9 Å². The number of aryl methyl sites for hydroxylation is 1. The van der Waals surface area contributed by atoms with E-state index in [1.54, 1.807) is 43.3 Å². The maximum atomic E-state index is 12.4. The number of anilines is 1. The number of nitro groups is 1. The first-order valence-electron chi connectivity index (χ1n) is 7.44. The second-order valence-electron chi connectivity index (χ2n) is 5.57. The fourth-order valence-electron chi connectivity index (χ4n) is 2.59. The number of benzene rings is 2. The Balaban J connectivity index is 1.97. The van der Waals surface area contributed by atoms with Crippen LogP contribution in [-0.4, -0.2) is 18.3 Å². The number of rotatable bonds is 5. The maximum Gasteiger partial charge on any atom is 0.295 e. The summed E-state index contributed by atoms with van der Waals surface area (Å²) >= 11 is 0. The van der Waals surface area contributed by atoms with E-state index in [4.69, 9.17) is 0 Å². The van der Waals surface area contributed by atoms with Gasteiger partial charge in [0.15, 0.2) is 0 Å². The molecule has 1 heterocycles. The molecule has 0 saturated carbocycles. The van der Waals surface area contributed by atoms with Crippen molar-refractivity contribution >= 4 is 32.3 Å². The highest BCUT2D eigenvalue weighted by Crippen LogP contribution is 2.30. The lowest BCUT2D eigenvalue weighted by atomic mass is 10.1. The van der Waals surface area contributed by atoms with Crippen LogP contribution < -0.4 is 4.72 Å². The molecule has 1 N–H and O–H groups in total. The number of aromatic nitrogens is 1. The zero-order chi connectivity index (χ0) is 18.0. The first-order chi connectivity index (χ1) is 11.9. The maximum absolute atomic E-state index is 12.4. The van der Waals surface area contributed by atoms with Crippen LogP contribution in [0.3, 0.4) is 0 Å². The number of non-ortho nitro benzene ring substituents is 1. The number of sulfonamides is 1. The zero-order valence-corrected chi connectivity index (χ0v) is 14.2. The van der Waals surface area contributed by atoms with Gasteiger partial charge in [0, 0.05) is 11.5 Å². The minimum atomic E-state index is -3.63. The third-order valence-corrected chi connectivity index (χ3v) is 5.05. The molecule has 0 aliphatic rings. The predicted molar refractivity (Wildman–Crippen MR) is 95.8 cm³/mol. The molecule has 0 unspecified atom stereocenters. The van der Waals surface area contributed by atoms with E-state index in [-0.39, 0.29) is 17.0 Å². The number of nitrogens with one attached hydrogen (secondary N) is 1. The van der Waals surface area contributed by atoms with Gasteiger partial charge in [0.25, 0.3) is 5.69 Å². The lowest BCUT2D eigenvalue weighted by Crippen LogP contribution is -2.16. The third-order valence-electron chi connectivity index (χ3n) is 3.81. The summed E-state index contributed by atoms with van der Waals surface area (Å²) in [5.41, 5.74) is 1.68. The van der Waals surface area contributed by atoms with Gasteiger partial charge < -0.3 is 0 Å². The molecule has 3 rings (SSSR count). The molecule has 0 amide bonds. The average Bonchev–Trinajstić information content (AvgIpc) is 2.57. The van der Waals surface area contributed by atoms with E-state index in [0.717, 1.165) is 0 Å². The molecule has 0 aliphatic carbocycles. The van der Waals surface area contributed by atoms with Gasteiger partial charge in [-0.25, -0.2) is 13.4 Å². The summed E-state index contributed by atoms with van der Waals surface area (Å²) in [5.74, 6) is -0.166. The van der Waals surface area contributed by atoms with E-state index in [1.807, 2.05) is 6.07 Å². The van der Waals surface area contributed by atoms with E-state index in [0.29, 0.717) is 22.2 Å². The Morgan fingerprint density at radius 3 is 2.52 bits per heavy atom. The van der Waals surface area contributed by atoms with Gasteiger partial charge in [-0.05, 0) is 18.1 Å². The molecule has 8 heteroatoms. The van der Waals surface area contributed by atoms with Crippen LogP contribution in [0.2, 0.25) is 0 Å². The van der Waals surface area contributed by atoms with Gasteiger partial charge in [-0.2, -0.15) is 0 Å². The normalized spacial score (nSPS) is 11.4.